The molecule has 0 amide bonds. The fourth-order valence-electron chi connectivity index (χ4n) is 3.15. The van der Waals surface area contributed by atoms with Gasteiger partial charge in [-0.05, 0) is 65.5 Å². The van der Waals surface area contributed by atoms with Crippen LogP contribution in [0, 0.1) is 13.8 Å². The van der Waals surface area contributed by atoms with E-state index in [0.29, 0.717) is 18.6 Å². The van der Waals surface area contributed by atoms with E-state index in [1.54, 1.807) is 0 Å². The Morgan fingerprint density at radius 2 is 2.05 bits per heavy atom. The van der Waals surface area contributed by atoms with Gasteiger partial charge in [-0.1, -0.05) is 0 Å². The Morgan fingerprint density at radius 1 is 1.42 bits per heavy atom. The summed E-state index contributed by atoms with van der Waals surface area (Å²) in [6.07, 6.45) is 2.51. The average molecular weight is 281 g/mol. The predicted molar refractivity (Wildman–Crippen MR) is 83.9 cm³/mol. The molecule has 1 aliphatic rings. The van der Waals surface area contributed by atoms with E-state index >= 15 is 0 Å². The molecule has 0 aliphatic carbocycles. The van der Waals surface area contributed by atoms with Gasteiger partial charge in [-0.2, -0.15) is 0 Å². The van der Waals surface area contributed by atoms with Crippen LogP contribution in [0.4, 0.5) is 0 Å². The van der Waals surface area contributed by atoms with Gasteiger partial charge in [-0.25, -0.2) is 0 Å². The zero-order chi connectivity index (χ0) is 14.0. The van der Waals surface area contributed by atoms with Crippen molar-refractivity contribution in [1.29, 1.82) is 0 Å². The van der Waals surface area contributed by atoms with Gasteiger partial charge in [0.2, 0.25) is 0 Å². The predicted octanol–water partition coefficient (Wildman–Crippen LogP) is 2.39. The molecule has 0 aromatic carbocycles. The van der Waals surface area contributed by atoms with Crippen LogP contribution in [0.5, 0.6) is 0 Å². The summed E-state index contributed by atoms with van der Waals surface area (Å²) in [5.74, 6) is 0. The summed E-state index contributed by atoms with van der Waals surface area (Å²) in [7, 11) is 4.46. The highest BCUT2D eigenvalue weighted by Crippen LogP contribution is 2.31. The third-order valence-corrected chi connectivity index (χ3v) is 5.40. The van der Waals surface area contributed by atoms with Crippen molar-refractivity contribution in [3.8, 4) is 0 Å². The van der Waals surface area contributed by atoms with Gasteiger partial charge in [0, 0.05) is 28.4 Å². The summed E-state index contributed by atoms with van der Waals surface area (Å²) in [5.41, 5.74) is 7.51. The highest BCUT2D eigenvalue weighted by Gasteiger charge is 2.27. The van der Waals surface area contributed by atoms with Gasteiger partial charge < -0.3 is 10.6 Å². The van der Waals surface area contributed by atoms with Crippen LogP contribution in [0.2, 0.25) is 0 Å². The molecule has 1 saturated heterocycles. The molecule has 1 aliphatic heterocycles. The van der Waals surface area contributed by atoms with Crippen LogP contribution < -0.4 is 5.73 Å². The zero-order valence-corrected chi connectivity index (χ0v) is 13.5. The lowest BCUT2D eigenvalue weighted by atomic mass is 9.99. The second kappa shape index (κ2) is 6.35. The van der Waals surface area contributed by atoms with E-state index in [2.05, 4.69) is 43.8 Å². The average Bonchev–Trinajstić information content (AvgIpc) is 2.70. The van der Waals surface area contributed by atoms with E-state index in [1.807, 2.05) is 11.3 Å². The molecule has 2 heterocycles. The SMILES string of the molecule is Cc1cc(C(CN)N(C)C2CCN(C)CC2)c(C)s1. The molecular weight excluding hydrogens is 254 g/mol. The molecule has 0 spiro atoms. The Bertz CT molecular complexity index is 408. The summed E-state index contributed by atoms with van der Waals surface area (Å²) in [6.45, 7) is 7.52. The summed E-state index contributed by atoms with van der Waals surface area (Å²) >= 11 is 1.89. The van der Waals surface area contributed by atoms with Gasteiger partial charge in [-0.3, -0.25) is 4.90 Å². The topological polar surface area (TPSA) is 32.5 Å². The molecule has 19 heavy (non-hydrogen) atoms. The number of piperidine rings is 1. The Labute approximate surface area is 121 Å². The molecular formula is C15H27N3S. The first kappa shape index (κ1) is 15.0. The lowest BCUT2D eigenvalue weighted by Crippen LogP contribution is -2.45. The minimum atomic E-state index is 0.373. The molecule has 4 heteroatoms. The number of hydrogen-bond acceptors (Lipinski definition) is 4. The molecule has 3 nitrogen and oxygen atoms in total. The van der Waals surface area contributed by atoms with Crippen molar-refractivity contribution in [3.05, 3.63) is 21.4 Å². The lowest BCUT2D eigenvalue weighted by molar-refractivity contribution is 0.109. The minimum Gasteiger partial charge on any atom is -0.329 e. The number of nitrogens with zero attached hydrogens (tertiary/aromatic N) is 2. The van der Waals surface area contributed by atoms with Gasteiger partial charge in [0.25, 0.3) is 0 Å². The van der Waals surface area contributed by atoms with E-state index in [4.69, 9.17) is 5.73 Å². The summed E-state index contributed by atoms with van der Waals surface area (Å²) in [5, 5.41) is 0. The van der Waals surface area contributed by atoms with Crippen molar-refractivity contribution in [1.82, 2.24) is 9.80 Å². The van der Waals surface area contributed by atoms with Crippen LogP contribution in [0.15, 0.2) is 6.07 Å². The first-order valence-electron chi connectivity index (χ1n) is 7.20. The molecule has 1 aromatic heterocycles. The largest absolute Gasteiger partial charge is 0.329 e. The minimum absolute atomic E-state index is 0.373. The third-order valence-electron chi connectivity index (χ3n) is 4.42. The van der Waals surface area contributed by atoms with Crippen molar-refractivity contribution in [2.24, 2.45) is 5.73 Å². The number of thiophene rings is 1. The highest BCUT2D eigenvalue weighted by atomic mass is 32.1. The van der Waals surface area contributed by atoms with Crippen LogP contribution in [0.1, 0.15) is 34.2 Å². The van der Waals surface area contributed by atoms with Crippen molar-refractivity contribution in [2.45, 2.75) is 38.8 Å². The van der Waals surface area contributed by atoms with E-state index in [0.717, 1.165) is 0 Å². The number of likely N-dealkylation sites (N-methyl/N-ethyl adjacent to an activating group) is 1. The van der Waals surface area contributed by atoms with Crippen LogP contribution in [0.3, 0.4) is 0 Å². The highest BCUT2D eigenvalue weighted by molar-refractivity contribution is 7.12. The smallest absolute Gasteiger partial charge is 0.0481 e. The monoisotopic (exact) mass is 281 g/mol. The normalized spacial score (nSPS) is 20.1. The Kier molecular flexibility index (Phi) is 5.01. The second-order valence-corrected chi connectivity index (χ2v) is 7.28. The maximum Gasteiger partial charge on any atom is 0.0481 e. The molecule has 1 aromatic rings. The Hall–Kier alpha value is -0.420. The van der Waals surface area contributed by atoms with E-state index in [1.165, 1.54) is 41.2 Å². The van der Waals surface area contributed by atoms with Crippen molar-refractivity contribution >= 4 is 11.3 Å². The second-order valence-electron chi connectivity index (χ2n) is 5.82. The van der Waals surface area contributed by atoms with Crippen molar-refractivity contribution in [2.75, 3.05) is 33.7 Å². The first-order chi connectivity index (χ1) is 9.02. The van der Waals surface area contributed by atoms with Gasteiger partial charge in [0.15, 0.2) is 0 Å². The van der Waals surface area contributed by atoms with Crippen molar-refractivity contribution in [3.63, 3.8) is 0 Å². The maximum absolute atomic E-state index is 6.07. The van der Waals surface area contributed by atoms with Gasteiger partial charge in [0.1, 0.15) is 0 Å². The Morgan fingerprint density at radius 3 is 2.53 bits per heavy atom. The summed E-state index contributed by atoms with van der Waals surface area (Å²) in [4.78, 5) is 7.75. The van der Waals surface area contributed by atoms with Crippen LogP contribution in [0.25, 0.3) is 0 Å². The summed E-state index contributed by atoms with van der Waals surface area (Å²) < 4.78 is 0. The van der Waals surface area contributed by atoms with Crippen LogP contribution in [-0.2, 0) is 0 Å². The van der Waals surface area contributed by atoms with Gasteiger partial charge in [-0.15, -0.1) is 11.3 Å². The summed E-state index contributed by atoms with van der Waals surface area (Å²) in [6, 6.07) is 3.37. The maximum atomic E-state index is 6.07. The van der Waals surface area contributed by atoms with Crippen LogP contribution >= 0.6 is 11.3 Å². The number of aryl methyl sites for hydroxylation is 2. The molecule has 2 rings (SSSR count). The number of hydrogen-bond donors (Lipinski definition) is 1. The first-order valence-corrected chi connectivity index (χ1v) is 8.02. The number of rotatable bonds is 4. The Balaban J connectivity index is 2.11. The fourth-order valence-corrected chi connectivity index (χ4v) is 4.13. The molecule has 0 radical (unpaired) electrons. The van der Waals surface area contributed by atoms with Crippen LogP contribution in [-0.4, -0.2) is 49.6 Å². The molecule has 108 valence electrons. The van der Waals surface area contributed by atoms with Crippen molar-refractivity contribution < 1.29 is 0 Å². The zero-order valence-electron chi connectivity index (χ0n) is 12.6. The quantitative estimate of drug-likeness (QED) is 0.920. The third kappa shape index (κ3) is 3.37. The van der Waals surface area contributed by atoms with E-state index in [9.17, 15) is 0 Å². The van der Waals surface area contributed by atoms with Gasteiger partial charge in [0.05, 0.1) is 0 Å². The number of nitrogens with two attached hydrogens (primary N) is 1. The van der Waals surface area contributed by atoms with E-state index in [-0.39, 0.29) is 0 Å². The number of likely N-dealkylation sites (tertiary alicyclic amines) is 1. The van der Waals surface area contributed by atoms with Gasteiger partial charge >= 0.3 is 0 Å². The molecule has 0 bridgehead atoms. The molecule has 1 fully saturated rings. The fraction of sp³-hybridized carbons (Fsp3) is 0.733. The standard InChI is InChI=1S/C15H27N3S/c1-11-9-14(12(2)19-11)15(10-16)18(4)13-5-7-17(3)8-6-13/h9,13,15H,5-8,10,16H2,1-4H3. The molecule has 2 N–H and O–H groups in total. The lowest BCUT2D eigenvalue weighted by Gasteiger charge is -2.39. The molecule has 1 atom stereocenters. The molecule has 0 saturated carbocycles. The van der Waals surface area contributed by atoms with E-state index < -0.39 is 0 Å². The molecule has 1 unspecified atom stereocenters.